The highest BCUT2D eigenvalue weighted by molar-refractivity contribution is 5.82. The van der Waals surface area contributed by atoms with E-state index in [1.54, 1.807) is 19.0 Å². The predicted octanol–water partition coefficient (Wildman–Crippen LogP) is 0.347. The molecule has 0 unspecified atom stereocenters. The van der Waals surface area contributed by atoms with Gasteiger partial charge in [0.1, 0.15) is 0 Å². The van der Waals surface area contributed by atoms with Crippen LogP contribution in [0.5, 0.6) is 0 Å². The maximum absolute atomic E-state index is 12.3. The molecule has 0 radical (unpaired) electrons. The molecule has 0 bridgehead atoms. The van der Waals surface area contributed by atoms with Gasteiger partial charge in [0, 0.05) is 13.6 Å². The highest BCUT2D eigenvalue weighted by atomic mass is 16.5. The van der Waals surface area contributed by atoms with Gasteiger partial charge in [0.15, 0.2) is 0 Å². The van der Waals surface area contributed by atoms with Crippen molar-refractivity contribution in [1.82, 2.24) is 9.80 Å². The van der Waals surface area contributed by atoms with Gasteiger partial charge < -0.3 is 14.7 Å². The third-order valence-corrected chi connectivity index (χ3v) is 3.02. The number of nitrogens with zero attached hydrogens (tertiary/aromatic N) is 2. The largest absolute Gasteiger partial charge is 0.465 e. The van der Waals surface area contributed by atoms with E-state index in [1.807, 2.05) is 20.8 Å². The van der Waals surface area contributed by atoms with Gasteiger partial charge in [-0.25, -0.2) is 0 Å². The van der Waals surface area contributed by atoms with Crippen molar-refractivity contribution in [2.45, 2.75) is 33.2 Å². The summed E-state index contributed by atoms with van der Waals surface area (Å²) in [7, 11) is 3.39. The second-order valence-electron chi connectivity index (χ2n) is 5.31. The van der Waals surface area contributed by atoms with Crippen molar-refractivity contribution in [2.24, 2.45) is 5.92 Å². The highest BCUT2D eigenvalue weighted by Crippen LogP contribution is 2.12. The zero-order valence-corrected chi connectivity index (χ0v) is 13.3. The number of rotatable bonds is 9. The van der Waals surface area contributed by atoms with Gasteiger partial charge in [0.2, 0.25) is 5.91 Å². The molecule has 0 saturated heterocycles. The lowest BCUT2D eigenvalue weighted by Gasteiger charge is -2.32. The fourth-order valence-corrected chi connectivity index (χ4v) is 2.03. The molecule has 6 heteroatoms. The van der Waals surface area contributed by atoms with Crippen LogP contribution in [0.2, 0.25) is 0 Å². The van der Waals surface area contributed by atoms with Crippen LogP contribution in [0.15, 0.2) is 0 Å². The number of likely N-dealkylation sites (N-methyl/N-ethyl adjacent to an activating group) is 2. The van der Waals surface area contributed by atoms with Crippen molar-refractivity contribution in [3.63, 3.8) is 0 Å². The van der Waals surface area contributed by atoms with Crippen LogP contribution in [-0.4, -0.2) is 73.2 Å². The van der Waals surface area contributed by atoms with Crippen LogP contribution >= 0.6 is 0 Å². The van der Waals surface area contributed by atoms with Gasteiger partial charge in [-0.05, 0) is 19.4 Å². The molecule has 0 rings (SSSR count). The van der Waals surface area contributed by atoms with Crippen LogP contribution in [0.4, 0.5) is 0 Å². The standard InChI is InChI=1S/C14H28N2O4/c1-6-9-20-12(18)10-16(5)13(11(2)3)14(19)15(4)7-8-17/h11,13,17H,6-10H2,1-5H3/t13-/m1/s1. The van der Waals surface area contributed by atoms with Gasteiger partial charge in [0.05, 0.1) is 25.8 Å². The fraction of sp³-hybridized carbons (Fsp3) is 0.857. The Morgan fingerprint density at radius 2 is 1.85 bits per heavy atom. The van der Waals surface area contributed by atoms with Gasteiger partial charge >= 0.3 is 5.97 Å². The lowest BCUT2D eigenvalue weighted by molar-refractivity contribution is -0.147. The number of aliphatic hydroxyl groups excluding tert-OH is 1. The highest BCUT2D eigenvalue weighted by Gasteiger charge is 2.30. The van der Waals surface area contributed by atoms with Crippen molar-refractivity contribution in [3.8, 4) is 0 Å². The molecule has 0 aromatic carbocycles. The SMILES string of the molecule is CCCOC(=O)CN(C)[C@@H](C(=O)N(C)CCO)C(C)C. The van der Waals surface area contributed by atoms with Crippen molar-refractivity contribution in [1.29, 1.82) is 0 Å². The van der Waals surface area contributed by atoms with Gasteiger partial charge in [-0.1, -0.05) is 20.8 Å². The lowest BCUT2D eigenvalue weighted by atomic mass is 10.0. The summed E-state index contributed by atoms with van der Waals surface area (Å²) in [6.07, 6.45) is 0.779. The zero-order chi connectivity index (χ0) is 15.7. The number of hydrogen-bond donors (Lipinski definition) is 1. The Hall–Kier alpha value is -1.14. The van der Waals surface area contributed by atoms with Crippen molar-refractivity contribution in [3.05, 3.63) is 0 Å². The maximum atomic E-state index is 12.3. The van der Waals surface area contributed by atoms with Crippen LogP contribution in [0.3, 0.4) is 0 Å². The van der Waals surface area contributed by atoms with Gasteiger partial charge in [0.25, 0.3) is 0 Å². The monoisotopic (exact) mass is 288 g/mol. The third kappa shape index (κ3) is 6.34. The van der Waals surface area contributed by atoms with E-state index in [0.717, 1.165) is 6.42 Å². The third-order valence-electron chi connectivity index (χ3n) is 3.02. The molecule has 0 spiro atoms. The smallest absolute Gasteiger partial charge is 0.320 e. The van der Waals surface area contributed by atoms with E-state index >= 15 is 0 Å². The Morgan fingerprint density at radius 1 is 1.25 bits per heavy atom. The first-order valence-corrected chi connectivity index (χ1v) is 7.06. The summed E-state index contributed by atoms with van der Waals surface area (Å²) >= 11 is 0. The van der Waals surface area contributed by atoms with E-state index in [0.29, 0.717) is 6.61 Å². The molecular formula is C14H28N2O4. The van der Waals surface area contributed by atoms with E-state index in [-0.39, 0.29) is 37.5 Å². The number of hydrogen-bond acceptors (Lipinski definition) is 5. The molecule has 1 atom stereocenters. The molecule has 6 nitrogen and oxygen atoms in total. The average molecular weight is 288 g/mol. The number of amides is 1. The Bertz CT molecular complexity index is 308. The number of ether oxygens (including phenoxy) is 1. The number of aliphatic hydroxyl groups is 1. The first kappa shape index (κ1) is 18.9. The second-order valence-corrected chi connectivity index (χ2v) is 5.31. The zero-order valence-electron chi connectivity index (χ0n) is 13.3. The Morgan fingerprint density at radius 3 is 2.30 bits per heavy atom. The summed E-state index contributed by atoms with van der Waals surface area (Å²) in [5.41, 5.74) is 0. The summed E-state index contributed by atoms with van der Waals surface area (Å²) in [4.78, 5) is 27.2. The molecule has 0 aromatic rings. The molecule has 0 saturated carbocycles. The van der Waals surface area contributed by atoms with Crippen molar-refractivity contribution < 1.29 is 19.4 Å². The molecule has 118 valence electrons. The lowest BCUT2D eigenvalue weighted by Crippen LogP contribution is -2.50. The Balaban J connectivity index is 4.65. The number of esters is 1. The molecule has 20 heavy (non-hydrogen) atoms. The van der Waals surface area contributed by atoms with Gasteiger partial charge in [-0.15, -0.1) is 0 Å². The van der Waals surface area contributed by atoms with Crippen LogP contribution in [0.1, 0.15) is 27.2 Å². The van der Waals surface area contributed by atoms with Gasteiger partial charge in [-0.2, -0.15) is 0 Å². The molecule has 1 N–H and O–H groups in total. The fourth-order valence-electron chi connectivity index (χ4n) is 2.03. The van der Waals surface area contributed by atoms with E-state index in [4.69, 9.17) is 9.84 Å². The van der Waals surface area contributed by atoms with Crippen LogP contribution in [-0.2, 0) is 14.3 Å². The van der Waals surface area contributed by atoms with Crippen LogP contribution in [0.25, 0.3) is 0 Å². The van der Waals surface area contributed by atoms with E-state index in [2.05, 4.69) is 0 Å². The number of carbonyl (C=O) groups is 2. The molecule has 0 fully saturated rings. The average Bonchev–Trinajstić information content (AvgIpc) is 2.36. The summed E-state index contributed by atoms with van der Waals surface area (Å²) in [6.45, 7) is 6.50. The van der Waals surface area contributed by atoms with Crippen molar-refractivity contribution >= 4 is 11.9 Å². The first-order valence-electron chi connectivity index (χ1n) is 7.06. The topological polar surface area (TPSA) is 70.1 Å². The van der Waals surface area contributed by atoms with Gasteiger partial charge in [-0.3, -0.25) is 14.5 Å². The summed E-state index contributed by atoms with van der Waals surface area (Å²) < 4.78 is 5.03. The second kappa shape index (κ2) is 9.72. The molecule has 0 aliphatic rings. The molecule has 0 aliphatic carbocycles. The molecule has 0 aromatic heterocycles. The van der Waals surface area contributed by atoms with Crippen molar-refractivity contribution in [2.75, 3.05) is 40.4 Å². The van der Waals surface area contributed by atoms with E-state index in [1.165, 1.54) is 4.90 Å². The van der Waals surface area contributed by atoms with Crippen LogP contribution in [0, 0.1) is 5.92 Å². The molecule has 0 heterocycles. The molecule has 1 amide bonds. The Labute approximate surface area is 121 Å². The minimum absolute atomic E-state index is 0.0626. The van der Waals surface area contributed by atoms with E-state index in [9.17, 15) is 9.59 Å². The summed E-state index contributed by atoms with van der Waals surface area (Å²) in [5, 5.41) is 8.91. The Kier molecular flexibility index (Phi) is 9.16. The molecular weight excluding hydrogens is 260 g/mol. The predicted molar refractivity (Wildman–Crippen MR) is 77.2 cm³/mol. The van der Waals surface area contributed by atoms with E-state index < -0.39 is 6.04 Å². The number of carbonyl (C=O) groups excluding carboxylic acids is 2. The van der Waals surface area contributed by atoms with Crippen LogP contribution < -0.4 is 0 Å². The normalized spacial score (nSPS) is 12.6. The minimum atomic E-state index is -0.402. The minimum Gasteiger partial charge on any atom is -0.465 e. The quantitative estimate of drug-likeness (QED) is 0.620. The summed E-state index contributed by atoms with van der Waals surface area (Å²) in [6, 6.07) is -0.402. The summed E-state index contributed by atoms with van der Waals surface area (Å²) in [5.74, 6) is -0.356. The first-order chi connectivity index (χ1) is 9.34. The molecule has 0 aliphatic heterocycles. The maximum Gasteiger partial charge on any atom is 0.320 e.